The van der Waals surface area contributed by atoms with E-state index in [1.807, 2.05) is 6.92 Å². The minimum absolute atomic E-state index is 0.0410. The normalized spacial score (nSPS) is 17.7. The van der Waals surface area contributed by atoms with Gasteiger partial charge < -0.3 is 10.4 Å². The minimum atomic E-state index is -3.74. The SMILES string of the molecule is CC[C@H](CO)NC(=O)c1ccc(Cl)c(S(=O)(=O)N2CCCCCC2)c1. The molecule has 1 atom stereocenters. The topological polar surface area (TPSA) is 86.7 Å². The standard InChI is InChI=1S/C17H25ClN2O4S/c1-2-14(12-21)19-17(22)13-7-8-15(18)16(11-13)25(23,24)20-9-5-3-4-6-10-20/h7-8,11,14,21H,2-6,9-10,12H2,1H3,(H,19,22)/t14-/m1/s1. The molecule has 2 N–H and O–H groups in total. The van der Waals surface area contributed by atoms with Gasteiger partial charge in [-0.25, -0.2) is 8.42 Å². The summed E-state index contributed by atoms with van der Waals surface area (Å²) in [4.78, 5) is 12.3. The Bertz CT molecular complexity index is 697. The van der Waals surface area contributed by atoms with Crippen molar-refractivity contribution in [2.45, 2.75) is 50.0 Å². The van der Waals surface area contributed by atoms with Gasteiger partial charge in [0, 0.05) is 18.7 Å². The molecular formula is C17H25ClN2O4S. The molecule has 140 valence electrons. The molecule has 8 heteroatoms. The van der Waals surface area contributed by atoms with Crippen molar-refractivity contribution < 1.29 is 18.3 Å². The number of benzene rings is 1. The Balaban J connectivity index is 2.30. The Hall–Kier alpha value is -1.15. The van der Waals surface area contributed by atoms with Crippen LogP contribution in [0.4, 0.5) is 0 Å². The molecule has 1 aliphatic rings. The second-order valence-electron chi connectivity index (χ2n) is 6.22. The fourth-order valence-corrected chi connectivity index (χ4v) is 4.83. The summed E-state index contributed by atoms with van der Waals surface area (Å²) in [6, 6.07) is 3.88. The number of carbonyl (C=O) groups is 1. The summed E-state index contributed by atoms with van der Waals surface area (Å²) in [7, 11) is -3.74. The smallest absolute Gasteiger partial charge is 0.251 e. The van der Waals surface area contributed by atoms with E-state index in [0.717, 1.165) is 25.7 Å². The van der Waals surface area contributed by atoms with Crippen molar-refractivity contribution in [1.82, 2.24) is 9.62 Å². The lowest BCUT2D eigenvalue weighted by Gasteiger charge is -2.21. The zero-order valence-electron chi connectivity index (χ0n) is 14.4. The maximum Gasteiger partial charge on any atom is 0.251 e. The van der Waals surface area contributed by atoms with Crippen LogP contribution < -0.4 is 5.32 Å². The second-order valence-corrected chi connectivity index (χ2v) is 8.54. The van der Waals surface area contributed by atoms with Gasteiger partial charge in [0.15, 0.2) is 0 Å². The number of nitrogens with zero attached hydrogens (tertiary/aromatic N) is 1. The van der Waals surface area contributed by atoms with Gasteiger partial charge in [0.1, 0.15) is 4.90 Å². The predicted molar refractivity (Wildman–Crippen MR) is 97.3 cm³/mol. The van der Waals surface area contributed by atoms with E-state index in [1.54, 1.807) is 0 Å². The van der Waals surface area contributed by atoms with Crippen molar-refractivity contribution in [2.75, 3.05) is 19.7 Å². The molecule has 0 bridgehead atoms. The quantitative estimate of drug-likeness (QED) is 0.783. The number of carbonyl (C=O) groups excluding carboxylic acids is 1. The first kappa shape index (κ1) is 20.2. The summed E-state index contributed by atoms with van der Waals surface area (Å²) in [6.07, 6.45) is 4.26. The fourth-order valence-electron chi connectivity index (χ4n) is 2.81. The van der Waals surface area contributed by atoms with Crippen LogP contribution in [0.1, 0.15) is 49.4 Å². The molecule has 25 heavy (non-hydrogen) atoms. The van der Waals surface area contributed by atoms with E-state index in [9.17, 15) is 18.3 Å². The maximum atomic E-state index is 12.9. The van der Waals surface area contributed by atoms with Crippen LogP contribution in [0.15, 0.2) is 23.1 Å². The summed E-state index contributed by atoms with van der Waals surface area (Å²) in [6.45, 7) is 2.61. The number of aliphatic hydroxyl groups is 1. The van der Waals surface area contributed by atoms with E-state index in [1.165, 1.54) is 22.5 Å². The van der Waals surface area contributed by atoms with Gasteiger partial charge in [-0.05, 0) is 37.5 Å². The molecule has 0 unspecified atom stereocenters. The molecule has 1 aliphatic heterocycles. The monoisotopic (exact) mass is 388 g/mol. The average Bonchev–Trinajstić information content (AvgIpc) is 2.89. The van der Waals surface area contributed by atoms with Crippen molar-refractivity contribution >= 4 is 27.5 Å². The number of hydrogen-bond acceptors (Lipinski definition) is 4. The van der Waals surface area contributed by atoms with E-state index >= 15 is 0 Å². The summed E-state index contributed by atoms with van der Waals surface area (Å²) >= 11 is 6.13. The van der Waals surface area contributed by atoms with Crippen LogP contribution in [0, 0.1) is 0 Å². The Labute approximate surface area is 154 Å². The molecule has 0 spiro atoms. The molecule has 1 aromatic carbocycles. The predicted octanol–water partition coefficient (Wildman–Crippen LogP) is 2.41. The van der Waals surface area contributed by atoms with E-state index in [0.29, 0.717) is 19.5 Å². The van der Waals surface area contributed by atoms with Gasteiger partial charge >= 0.3 is 0 Å². The number of amides is 1. The number of halogens is 1. The highest BCUT2D eigenvalue weighted by Gasteiger charge is 2.28. The van der Waals surface area contributed by atoms with Crippen molar-refractivity contribution in [2.24, 2.45) is 0 Å². The highest BCUT2D eigenvalue weighted by molar-refractivity contribution is 7.89. The Morgan fingerprint density at radius 3 is 2.48 bits per heavy atom. The number of rotatable bonds is 6. The average molecular weight is 389 g/mol. The van der Waals surface area contributed by atoms with E-state index in [2.05, 4.69) is 5.32 Å². The van der Waals surface area contributed by atoms with Gasteiger partial charge in [-0.2, -0.15) is 4.31 Å². The summed E-state index contributed by atoms with van der Waals surface area (Å²) in [5.74, 6) is -0.426. The molecule has 0 saturated carbocycles. The third-order valence-corrected chi connectivity index (χ3v) is 6.80. The largest absolute Gasteiger partial charge is 0.394 e. The number of aliphatic hydroxyl groups excluding tert-OH is 1. The van der Waals surface area contributed by atoms with Crippen LogP contribution in [0.5, 0.6) is 0 Å². The zero-order valence-corrected chi connectivity index (χ0v) is 15.9. The van der Waals surface area contributed by atoms with E-state index in [-0.39, 0.29) is 28.1 Å². The maximum absolute atomic E-state index is 12.9. The number of nitrogens with one attached hydrogen (secondary N) is 1. The van der Waals surface area contributed by atoms with Crippen molar-refractivity contribution in [3.63, 3.8) is 0 Å². The molecular weight excluding hydrogens is 364 g/mol. The van der Waals surface area contributed by atoms with Gasteiger partial charge in [-0.15, -0.1) is 0 Å². The molecule has 0 radical (unpaired) electrons. The third-order valence-electron chi connectivity index (χ3n) is 4.42. The van der Waals surface area contributed by atoms with Gasteiger partial charge in [-0.3, -0.25) is 4.79 Å². The molecule has 2 rings (SSSR count). The van der Waals surface area contributed by atoms with Crippen LogP contribution in [0.2, 0.25) is 5.02 Å². The zero-order chi connectivity index (χ0) is 18.4. The van der Waals surface area contributed by atoms with E-state index < -0.39 is 15.9 Å². The highest BCUT2D eigenvalue weighted by Crippen LogP contribution is 2.27. The van der Waals surface area contributed by atoms with Gasteiger partial charge in [0.25, 0.3) is 5.91 Å². The third kappa shape index (κ3) is 4.94. The molecule has 1 amide bonds. The van der Waals surface area contributed by atoms with Crippen molar-refractivity contribution in [1.29, 1.82) is 0 Å². The summed E-state index contributed by atoms with van der Waals surface area (Å²) in [5.41, 5.74) is 0.213. The number of hydrogen-bond donors (Lipinski definition) is 2. The fraction of sp³-hybridized carbons (Fsp3) is 0.588. The number of sulfonamides is 1. The lowest BCUT2D eigenvalue weighted by atomic mass is 10.2. The molecule has 1 heterocycles. The molecule has 0 aromatic heterocycles. The van der Waals surface area contributed by atoms with Crippen LogP contribution >= 0.6 is 11.6 Å². The first-order valence-corrected chi connectivity index (χ1v) is 10.4. The lowest BCUT2D eigenvalue weighted by molar-refractivity contribution is 0.0914. The van der Waals surface area contributed by atoms with Gasteiger partial charge in [0.05, 0.1) is 17.7 Å². The van der Waals surface area contributed by atoms with Gasteiger partial charge in [0.2, 0.25) is 10.0 Å². The van der Waals surface area contributed by atoms with Crippen molar-refractivity contribution in [3.05, 3.63) is 28.8 Å². The van der Waals surface area contributed by atoms with E-state index in [4.69, 9.17) is 11.6 Å². The molecule has 1 saturated heterocycles. The Morgan fingerprint density at radius 2 is 1.92 bits per heavy atom. The molecule has 6 nitrogen and oxygen atoms in total. The lowest BCUT2D eigenvalue weighted by Crippen LogP contribution is -2.37. The Morgan fingerprint density at radius 1 is 1.28 bits per heavy atom. The molecule has 1 aromatic rings. The highest BCUT2D eigenvalue weighted by atomic mass is 35.5. The Kier molecular flexibility index (Phi) is 7.25. The van der Waals surface area contributed by atoms with Crippen LogP contribution in [-0.4, -0.2) is 49.5 Å². The van der Waals surface area contributed by atoms with Crippen LogP contribution in [-0.2, 0) is 10.0 Å². The van der Waals surface area contributed by atoms with Gasteiger partial charge in [-0.1, -0.05) is 31.4 Å². The minimum Gasteiger partial charge on any atom is -0.394 e. The van der Waals surface area contributed by atoms with Crippen LogP contribution in [0.25, 0.3) is 0 Å². The molecule has 1 fully saturated rings. The molecule has 0 aliphatic carbocycles. The first-order chi connectivity index (χ1) is 11.9. The second kappa shape index (κ2) is 8.98. The summed E-state index contributed by atoms with van der Waals surface area (Å²) < 4.78 is 27.3. The van der Waals surface area contributed by atoms with Crippen molar-refractivity contribution in [3.8, 4) is 0 Å². The van der Waals surface area contributed by atoms with Crippen LogP contribution in [0.3, 0.4) is 0 Å². The first-order valence-electron chi connectivity index (χ1n) is 8.61. The summed E-state index contributed by atoms with van der Waals surface area (Å²) in [5, 5.41) is 12.0.